The highest BCUT2D eigenvalue weighted by Gasteiger charge is 2.31. The van der Waals surface area contributed by atoms with Crippen LogP contribution in [-0.2, 0) is 28.6 Å². The van der Waals surface area contributed by atoms with Crippen molar-refractivity contribution in [1.82, 2.24) is 0 Å². The predicted octanol–water partition coefficient (Wildman–Crippen LogP) is 13.8. The van der Waals surface area contributed by atoms with Crippen molar-refractivity contribution in [3.63, 3.8) is 0 Å². The molecule has 0 bridgehead atoms. The monoisotopic (exact) mass is 875 g/mol. The van der Waals surface area contributed by atoms with E-state index in [2.05, 4.69) is 98.9 Å². The molecule has 2 unspecified atom stereocenters. The molecule has 0 radical (unpaired) electrons. The number of quaternary nitrogens is 1. The van der Waals surface area contributed by atoms with E-state index in [9.17, 15) is 19.5 Å². The molecule has 8 heteroatoms. The summed E-state index contributed by atoms with van der Waals surface area (Å²) in [6, 6.07) is -0.636. The van der Waals surface area contributed by atoms with E-state index in [-0.39, 0.29) is 42.7 Å². The van der Waals surface area contributed by atoms with Crippen molar-refractivity contribution in [2.75, 3.05) is 41.0 Å². The summed E-state index contributed by atoms with van der Waals surface area (Å²) in [6.45, 7) is 4.52. The Morgan fingerprint density at radius 3 is 1.48 bits per heavy atom. The van der Waals surface area contributed by atoms with Gasteiger partial charge in [-0.3, -0.25) is 9.59 Å². The molecule has 0 aliphatic heterocycles. The summed E-state index contributed by atoms with van der Waals surface area (Å²) in [4.78, 5) is 37.1. The summed E-state index contributed by atoms with van der Waals surface area (Å²) < 4.78 is 17.2. The summed E-state index contributed by atoms with van der Waals surface area (Å²) >= 11 is 0. The molecule has 0 spiro atoms. The molecule has 0 aliphatic carbocycles. The molecule has 0 aromatic heterocycles. The van der Waals surface area contributed by atoms with Gasteiger partial charge < -0.3 is 23.8 Å². The Hall–Kier alpha value is -4.27. The largest absolute Gasteiger partial charge is 0.477 e. The number of hydrogen-bond acceptors (Lipinski definition) is 6. The second-order valence-corrected chi connectivity index (χ2v) is 16.8. The number of unbranched alkanes of at least 4 members (excludes halogenated alkanes) is 11. The molecule has 0 aromatic rings. The van der Waals surface area contributed by atoms with Gasteiger partial charge in [-0.05, 0) is 83.5 Å². The van der Waals surface area contributed by atoms with Crippen molar-refractivity contribution >= 4 is 17.9 Å². The molecule has 354 valence electrons. The molecular formula is C55H88NO7+. The first-order valence-corrected chi connectivity index (χ1v) is 24.1. The number of hydrogen-bond donors (Lipinski definition) is 1. The maximum absolute atomic E-state index is 12.8. The van der Waals surface area contributed by atoms with Gasteiger partial charge in [0.25, 0.3) is 0 Å². The van der Waals surface area contributed by atoms with Crippen LogP contribution < -0.4 is 0 Å². The second kappa shape index (κ2) is 44.3. The lowest BCUT2D eigenvalue weighted by atomic mass is 10.1. The zero-order valence-corrected chi connectivity index (χ0v) is 40.2. The quantitative estimate of drug-likeness (QED) is 0.0215. The summed E-state index contributed by atoms with van der Waals surface area (Å²) in [6.07, 6.45) is 62.4. The number of carbonyl (C=O) groups is 3. The number of carboxylic acid groups (broad SMARTS) is 1. The van der Waals surface area contributed by atoms with E-state index in [0.717, 1.165) is 83.5 Å². The maximum atomic E-state index is 12.8. The van der Waals surface area contributed by atoms with E-state index in [1.54, 1.807) is 0 Å². The van der Waals surface area contributed by atoms with Crippen LogP contribution in [0.15, 0.2) is 122 Å². The number of aliphatic carboxylic acids is 1. The van der Waals surface area contributed by atoms with Crippen molar-refractivity contribution in [3.05, 3.63) is 122 Å². The number of carboxylic acids is 1. The molecule has 0 heterocycles. The average Bonchev–Trinajstić information content (AvgIpc) is 3.24. The van der Waals surface area contributed by atoms with E-state index >= 15 is 0 Å². The maximum Gasteiger partial charge on any atom is 0.362 e. The fourth-order valence-corrected chi connectivity index (χ4v) is 6.20. The van der Waals surface area contributed by atoms with Crippen LogP contribution in [0.2, 0.25) is 0 Å². The lowest BCUT2D eigenvalue weighted by Gasteiger charge is -2.31. The van der Waals surface area contributed by atoms with Crippen molar-refractivity contribution in [2.45, 2.75) is 167 Å². The number of nitrogens with zero attached hydrogens (tertiary/aromatic N) is 1. The first kappa shape index (κ1) is 58.7. The van der Waals surface area contributed by atoms with Crippen LogP contribution in [0.1, 0.15) is 155 Å². The molecular weight excluding hydrogens is 787 g/mol. The molecule has 0 fully saturated rings. The van der Waals surface area contributed by atoms with Gasteiger partial charge in [0, 0.05) is 19.3 Å². The lowest BCUT2D eigenvalue weighted by Crippen LogP contribution is -2.50. The Labute approximate surface area is 384 Å². The van der Waals surface area contributed by atoms with Gasteiger partial charge in [-0.1, -0.05) is 174 Å². The van der Waals surface area contributed by atoms with Gasteiger partial charge in [0.15, 0.2) is 12.1 Å². The molecule has 2 atom stereocenters. The molecule has 0 saturated carbocycles. The standard InChI is InChI=1S/C55H87NO7/c1-6-8-10-12-14-16-18-20-22-24-26-27-28-30-32-34-36-38-40-42-44-46-54(58)63-51(49-61-48-47-52(55(59)60)56(3,4)5)50-62-53(57)45-43-41-39-37-35-33-31-29-25-23-21-19-17-15-13-11-9-7-2/h11,13-17,19-23,25-27,29-32,36,38,51-52H,6-10,12,18,24,28,33-35,37,39-50H2,1-5H3/p+1/b13-11+,16-14+,17-15+,21-19+,22-20+,25-23+,27-26+,31-29+,32-30+,38-36+. The van der Waals surface area contributed by atoms with Gasteiger partial charge >= 0.3 is 17.9 Å². The Balaban J connectivity index is 4.48. The lowest BCUT2D eigenvalue weighted by molar-refractivity contribution is -0.887. The normalized spacial score (nSPS) is 14.0. The van der Waals surface area contributed by atoms with Crippen LogP contribution in [0.5, 0.6) is 0 Å². The van der Waals surface area contributed by atoms with Crippen LogP contribution in [0.3, 0.4) is 0 Å². The molecule has 63 heavy (non-hydrogen) atoms. The number of esters is 2. The first-order valence-electron chi connectivity index (χ1n) is 24.1. The van der Waals surface area contributed by atoms with Gasteiger partial charge in [0.05, 0.1) is 34.4 Å². The minimum atomic E-state index is -0.892. The fraction of sp³-hybridized carbons (Fsp3) is 0.582. The fourth-order valence-electron chi connectivity index (χ4n) is 6.20. The molecule has 0 aliphatic rings. The number of likely N-dealkylation sites (N-methyl/N-ethyl adjacent to an activating group) is 1. The van der Waals surface area contributed by atoms with Crippen molar-refractivity contribution in [2.24, 2.45) is 0 Å². The zero-order valence-electron chi connectivity index (χ0n) is 40.2. The molecule has 0 aromatic carbocycles. The summed E-state index contributed by atoms with van der Waals surface area (Å²) in [5.41, 5.74) is 0. The Bertz CT molecular complexity index is 1440. The van der Waals surface area contributed by atoms with Crippen molar-refractivity contribution < 1.29 is 38.2 Å². The summed E-state index contributed by atoms with van der Waals surface area (Å²) in [5, 5.41) is 9.64. The molecule has 8 nitrogen and oxygen atoms in total. The summed E-state index contributed by atoms with van der Waals surface area (Å²) in [7, 11) is 5.49. The van der Waals surface area contributed by atoms with Gasteiger partial charge in [-0.15, -0.1) is 0 Å². The third kappa shape index (κ3) is 42.8. The first-order chi connectivity index (χ1) is 30.6. The molecule has 0 saturated heterocycles. The Kier molecular flexibility index (Phi) is 41.3. The number of carbonyl (C=O) groups excluding carboxylic acids is 2. The molecule has 0 rings (SSSR count). The molecule has 0 amide bonds. The van der Waals surface area contributed by atoms with Crippen molar-refractivity contribution in [1.29, 1.82) is 0 Å². The van der Waals surface area contributed by atoms with E-state index in [1.807, 2.05) is 57.6 Å². The van der Waals surface area contributed by atoms with Crippen LogP contribution in [0, 0.1) is 0 Å². The number of ether oxygens (including phenoxy) is 3. The smallest absolute Gasteiger partial charge is 0.362 e. The minimum absolute atomic E-state index is 0.0258. The Morgan fingerprint density at radius 1 is 0.492 bits per heavy atom. The predicted molar refractivity (Wildman–Crippen MR) is 265 cm³/mol. The van der Waals surface area contributed by atoms with E-state index < -0.39 is 18.1 Å². The third-order valence-corrected chi connectivity index (χ3v) is 9.94. The van der Waals surface area contributed by atoms with E-state index in [0.29, 0.717) is 19.3 Å². The van der Waals surface area contributed by atoms with E-state index in [1.165, 1.54) is 32.1 Å². The zero-order chi connectivity index (χ0) is 46.3. The van der Waals surface area contributed by atoms with E-state index in [4.69, 9.17) is 14.2 Å². The second-order valence-electron chi connectivity index (χ2n) is 16.8. The third-order valence-electron chi connectivity index (χ3n) is 9.94. The van der Waals surface area contributed by atoms with Gasteiger partial charge in [0.2, 0.25) is 0 Å². The van der Waals surface area contributed by atoms with Crippen LogP contribution >= 0.6 is 0 Å². The van der Waals surface area contributed by atoms with Crippen molar-refractivity contribution in [3.8, 4) is 0 Å². The highest BCUT2D eigenvalue weighted by Crippen LogP contribution is 2.12. The van der Waals surface area contributed by atoms with Crippen LogP contribution in [-0.4, -0.2) is 80.6 Å². The van der Waals surface area contributed by atoms with Crippen LogP contribution in [0.4, 0.5) is 0 Å². The van der Waals surface area contributed by atoms with Gasteiger partial charge in [0.1, 0.15) is 6.61 Å². The Morgan fingerprint density at radius 2 is 0.937 bits per heavy atom. The summed E-state index contributed by atoms with van der Waals surface area (Å²) in [5.74, 6) is -1.57. The van der Waals surface area contributed by atoms with Crippen LogP contribution in [0.25, 0.3) is 0 Å². The average molecular weight is 875 g/mol. The number of rotatable bonds is 41. The topological polar surface area (TPSA) is 99.1 Å². The molecule has 1 N–H and O–H groups in total. The number of allylic oxidation sites excluding steroid dienone is 20. The highest BCUT2D eigenvalue weighted by molar-refractivity contribution is 5.72. The highest BCUT2D eigenvalue weighted by atomic mass is 16.6. The van der Waals surface area contributed by atoms with Gasteiger partial charge in [-0.25, -0.2) is 4.79 Å². The minimum Gasteiger partial charge on any atom is -0.477 e. The van der Waals surface area contributed by atoms with Gasteiger partial charge in [-0.2, -0.15) is 0 Å². The SMILES string of the molecule is CCC/C=C/C=C/C=C/C=C/C=C/CCCCCCCC(=O)OCC(COCCC(C(=O)O)[N+](C)(C)C)OC(=O)CCCC/C=C/C/C=C/C/C=C/C/C=C/C/C=C/CCCCC.